The number of carbonyl (C=O) groups is 1. The number of aromatic nitrogens is 3. The fourth-order valence-corrected chi connectivity index (χ4v) is 2.56. The Morgan fingerprint density at radius 1 is 1.04 bits per heavy atom. The van der Waals surface area contributed by atoms with Crippen molar-refractivity contribution in [2.24, 2.45) is 0 Å². The van der Waals surface area contributed by atoms with Crippen LogP contribution in [0.1, 0.15) is 21.7 Å². The van der Waals surface area contributed by atoms with Crippen molar-refractivity contribution in [3.8, 4) is 0 Å². The van der Waals surface area contributed by atoms with E-state index in [1.807, 2.05) is 42.5 Å². The normalized spacial score (nSPS) is 10.3. The van der Waals surface area contributed by atoms with Crippen LogP contribution in [0.15, 0.2) is 60.9 Å². The third-order valence-electron chi connectivity index (χ3n) is 3.63. The van der Waals surface area contributed by atoms with E-state index in [0.717, 1.165) is 17.7 Å². The molecule has 0 aliphatic rings. The van der Waals surface area contributed by atoms with Crippen LogP contribution in [0.3, 0.4) is 0 Å². The summed E-state index contributed by atoms with van der Waals surface area (Å²) in [5.74, 6) is 0.147. The molecule has 2 aromatic heterocycles. The molecule has 0 atom stereocenters. The Balaban J connectivity index is 1.53. The van der Waals surface area contributed by atoms with Crippen molar-refractivity contribution in [3.05, 3.63) is 82.9 Å². The third kappa shape index (κ3) is 5.26. The summed E-state index contributed by atoms with van der Waals surface area (Å²) in [6, 6.07) is 14.8. The number of carbonyl (C=O) groups excluding carboxylic acids is 1. The summed E-state index contributed by atoms with van der Waals surface area (Å²) in [6.07, 6.45) is 4.03. The second-order valence-electron chi connectivity index (χ2n) is 5.58. The van der Waals surface area contributed by atoms with Gasteiger partial charge in [0.2, 0.25) is 5.95 Å². The van der Waals surface area contributed by atoms with Gasteiger partial charge in [-0.3, -0.25) is 9.78 Å². The Morgan fingerprint density at radius 3 is 2.77 bits per heavy atom. The Morgan fingerprint density at radius 2 is 1.96 bits per heavy atom. The van der Waals surface area contributed by atoms with E-state index in [0.29, 0.717) is 29.8 Å². The van der Waals surface area contributed by atoms with Gasteiger partial charge in [0, 0.05) is 24.0 Å². The van der Waals surface area contributed by atoms with Crippen molar-refractivity contribution in [3.63, 3.8) is 0 Å². The lowest BCUT2D eigenvalue weighted by molar-refractivity contribution is 0.0945. The van der Waals surface area contributed by atoms with Crippen molar-refractivity contribution in [2.75, 3.05) is 11.9 Å². The molecule has 3 aromatic rings. The van der Waals surface area contributed by atoms with Crippen LogP contribution < -0.4 is 10.6 Å². The van der Waals surface area contributed by atoms with Gasteiger partial charge in [-0.05, 0) is 42.3 Å². The molecule has 3 rings (SSSR count). The number of benzene rings is 1. The predicted octanol–water partition coefficient (Wildman–Crippen LogP) is 3.11. The second kappa shape index (κ2) is 8.92. The van der Waals surface area contributed by atoms with Gasteiger partial charge in [-0.25, -0.2) is 9.97 Å². The Bertz CT molecular complexity index is 873. The minimum absolute atomic E-state index is 0.268. The molecule has 26 heavy (non-hydrogen) atoms. The maximum absolute atomic E-state index is 12.2. The number of hydrogen-bond donors (Lipinski definition) is 2. The lowest BCUT2D eigenvalue weighted by atomic mass is 10.1. The van der Waals surface area contributed by atoms with Gasteiger partial charge in [0.1, 0.15) is 5.69 Å². The molecule has 0 aliphatic heterocycles. The van der Waals surface area contributed by atoms with Gasteiger partial charge in [0.05, 0.1) is 12.2 Å². The maximum atomic E-state index is 12.2. The molecule has 0 spiro atoms. The number of pyridine rings is 1. The van der Waals surface area contributed by atoms with E-state index in [1.165, 1.54) is 0 Å². The topological polar surface area (TPSA) is 79.8 Å². The molecule has 0 aliphatic carbocycles. The smallest absolute Gasteiger partial charge is 0.270 e. The average Bonchev–Trinajstić information content (AvgIpc) is 2.67. The van der Waals surface area contributed by atoms with Crippen LogP contribution in [-0.4, -0.2) is 27.4 Å². The van der Waals surface area contributed by atoms with Gasteiger partial charge in [-0.15, -0.1) is 0 Å². The molecule has 2 heterocycles. The van der Waals surface area contributed by atoms with E-state index >= 15 is 0 Å². The van der Waals surface area contributed by atoms with Crippen LogP contribution in [0.2, 0.25) is 5.02 Å². The van der Waals surface area contributed by atoms with Crippen molar-refractivity contribution in [1.29, 1.82) is 0 Å². The minimum Gasteiger partial charge on any atom is -0.354 e. The molecule has 1 amide bonds. The monoisotopic (exact) mass is 367 g/mol. The average molecular weight is 368 g/mol. The van der Waals surface area contributed by atoms with Crippen molar-refractivity contribution >= 4 is 23.5 Å². The highest BCUT2D eigenvalue weighted by Gasteiger charge is 2.08. The Labute approximate surface area is 156 Å². The molecule has 0 saturated carbocycles. The summed E-state index contributed by atoms with van der Waals surface area (Å²) in [4.78, 5) is 24.8. The van der Waals surface area contributed by atoms with Crippen LogP contribution in [0.4, 0.5) is 5.95 Å². The van der Waals surface area contributed by atoms with E-state index in [2.05, 4.69) is 25.6 Å². The summed E-state index contributed by atoms with van der Waals surface area (Å²) in [5.41, 5.74) is 2.21. The maximum Gasteiger partial charge on any atom is 0.270 e. The number of nitrogens with zero attached hydrogens (tertiary/aromatic N) is 3. The summed E-state index contributed by atoms with van der Waals surface area (Å²) in [5, 5.41) is 6.63. The zero-order chi connectivity index (χ0) is 18.2. The van der Waals surface area contributed by atoms with Gasteiger partial charge in [0.15, 0.2) is 0 Å². The fourth-order valence-electron chi connectivity index (χ4n) is 2.35. The van der Waals surface area contributed by atoms with Gasteiger partial charge < -0.3 is 10.6 Å². The minimum atomic E-state index is -0.268. The first-order valence-corrected chi connectivity index (χ1v) is 8.58. The Kier molecular flexibility index (Phi) is 6.11. The van der Waals surface area contributed by atoms with Crippen molar-refractivity contribution < 1.29 is 4.79 Å². The molecule has 0 radical (unpaired) electrons. The molecule has 0 unspecified atom stereocenters. The molecule has 0 saturated heterocycles. The molecule has 1 aromatic carbocycles. The zero-order valence-corrected chi connectivity index (χ0v) is 14.8. The van der Waals surface area contributed by atoms with E-state index in [4.69, 9.17) is 11.6 Å². The van der Waals surface area contributed by atoms with E-state index in [-0.39, 0.29) is 5.91 Å². The molecule has 7 heteroatoms. The zero-order valence-electron chi connectivity index (χ0n) is 14.0. The third-order valence-corrected chi connectivity index (χ3v) is 3.87. The highest BCUT2D eigenvalue weighted by atomic mass is 35.5. The van der Waals surface area contributed by atoms with Crippen molar-refractivity contribution in [1.82, 2.24) is 20.3 Å². The fraction of sp³-hybridized carbons (Fsp3) is 0.158. The summed E-state index contributed by atoms with van der Waals surface area (Å²) in [6.45, 7) is 0.987. The largest absolute Gasteiger partial charge is 0.354 e. The first-order valence-electron chi connectivity index (χ1n) is 8.20. The van der Waals surface area contributed by atoms with Gasteiger partial charge in [0.25, 0.3) is 5.91 Å². The second-order valence-corrected chi connectivity index (χ2v) is 6.01. The standard InChI is InChI=1S/C19H18ClN5O/c20-15-5-3-4-14(12-15)7-10-22-19-23-11-8-17(25-19)18(26)24-13-16-6-1-2-9-21-16/h1-6,8-9,11-12H,7,10,13H2,(H,24,26)(H,22,23,25). The molecule has 0 fully saturated rings. The lowest BCUT2D eigenvalue weighted by Gasteiger charge is -2.07. The molecule has 6 nitrogen and oxygen atoms in total. The Hall–Kier alpha value is -2.99. The molecular weight excluding hydrogens is 350 g/mol. The lowest BCUT2D eigenvalue weighted by Crippen LogP contribution is -2.24. The van der Waals surface area contributed by atoms with Crippen LogP contribution in [-0.2, 0) is 13.0 Å². The number of amides is 1. The summed E-state index contributed by atoms with van der Waals surface area (Å²) in [7, 11) is 0. The van der Waals surface area contributed by atoms with Crippen LogP contribution in [0, 0.1) is 0 Å². The predicted molar refractivity (Wildman–Crippen MR) is 101 cm³/mol. The molecule has 132 valence electrons. The summed E-state index contributed by atoms with van der Waals surface area (Å²) < 4.78 is 0. The number of nitrogens with one attached hydrogen (secondary N) is 2. The SMILES string of the molecule is O=C(NCc1ccccn1)c1ccnc(NCCc2cccc(Cl)c2)n1. The van der Waals surface area contributed by atoms with Crippen LogP contribution in [0.25, 0.3) is 0 Å². The number of rotatable bonds is 7. The van der Waals surface area contributed by atoms with E-state index in [1.54, 1.807) is 18.5 Å². The quantitative estimate of drug-likeness (QED) is 0.670. The van der Waals surface area contributed by atoms with E-state index in [9.17, 15) is 4.79 Å². The first kappa shape index (κ1) is 17.8. The van der Waals surface area contributed by atoms with Crippen molar-refractivity contribution in [2.45, 2.75) is 13.0 Å². The highest BCUT2D eigenvalue weighted by Crippen LogP contribution is 2.11. The highest BCUT2D eigenvalue weighted by molar-refractivity contribution is 6.30. The number of halogens is 1. The number of hydrogen-bond acceptors (Lipinski definition) is 5. The van der Waals surface area contributed by atoms with Gasteiger partial charge in [-0.2, -0.15) is 0 Å². The molecule has 0 bridgehead atoms. The summed E-state index contributed by atoms with van der Waals surface area (Å²) >= 11 is 5.98. The van der Waals surface area contributed by atoms with Gasteiger partial charge >= 0.3 is 0 Å². The van der Waals surface area contributed by atoms with E-state index < -0.39 is 0 Å². The first-order chi connectivity index (χ1) is 12.7. The molecular formula is C19H18ClN5O. The number of anilines is 1. The van der Waals surface area contributed by atoms with Crippen LogP contribution >= 0.6 is 11.6 Å². The molecule has 2 N–H and O–H groups in total. The van der Waals surface area contributed by atoms with Gasteiger partial charge in [-0.1, -0.05) is 29.8 Å². The van der Waals surface area contributed by atoms with Crippen LogP contribution in [0.5, 0.6) is 0 Å².